The van der Waals surface area contributed by atoms with Crippen molar-refractivity contribution in [2.45, 2.75) is 222 Å². The van der Waals surface area contributed by atoms with E-state index >= 15 is 0 Å². The minimum atomic E-state index is 0. The number of fused-ring (bicyclic) bond motifs is 4. The zero-order valence-corrected chi connectivity index (χ0v) is 38.2. The molecule has 0 radical (unpaired) electrons. The van der Waals surface area contributed by atoms with Crippen molar-refractivity contribution >= 4 is 0 Å². The maximum absolute atomic E-state index is 5.69. The van der Waals surface area contributed by atoms with Crippen LogP contribution in [0, 0.1) is 76.9 Å². The Labute approximate surface area is 350 Å². The largest absolute Gasteiger partial charge is 0.381 e. The van der Waals surface area contributed by atoms with Gasteiger partial charge in [-0.2, -0.15) is 0 Å². The van der Waals surface area contributed by atoms with Crippen molar-refractivity contribution < 1.29 is 18.9 Å². The second kappa shape index (κ2) is 24.3. The van der Waals surface area contributed by atoms with Gasteiger partial charge in [0.1, 0.15) is 6.10 Å². The van der Waals surface area contributed by atoms with Crippen molar-refractivity contribution in [3.63, 3.8) is 0 Å². The standard InChI is InChI=1S/C11H20O.C11H20.C10H18O.C9H16.C5H10O2.C5H10.CH4/c1-4-8(2)9-5-6-11(3)10(7-9)12-11;1-3-8(2)9-4-5-10-7-11(10)6-9;1-2-11-7-8-3-4-9-6-10(9)5-8;1-2-7-3-4-8-6-9(8)5-7;1-2-6-3-5-4-7-5;1-2-5-3-4-5;/h8-10H,4-7H2,1-3H3;8-11H,3-7H2,1-2H3;8-10H,2-7H2,1H3;7-9H,2-6H2,1H3;5H,2-4H2,1H3;5H,2-4H2,1H3;1H4. The van der Waals surface area contributed by atoms with E-state index in [4.69, 9.17) is 18.9 Å². The molecule has 10 fully saturated rings. The minimum Gasteiger partial charge on any atom is -0.381 e. The molecule has 8 saturated carbocycles. The van der Waals surface area contributed by atoms with Crippen LogP contribution in [-0.4, -0.2) is 50.8 Å². The summed E-state index contributed by atoms with van der Waals surface area (Å²) < 4.78 is 21.0. The van der Waals surface area contributed by atoms with Gasteiger partial charge >= 0.3 is 0 Å². The van der Waals surface area contributed by atoms with E-state index in [0.29, 0.717) is 17.8 Å². The second-order valence-electron chi connectivity index (χ2n) is 21.0. The Morgan fingerprint density at radius 1 is 0.536 bits per heavy atom. The molecule has 10 aliphatic rings. The molecular weight excluding hydrogens is 689 g/mol. The van der Waals surface area contributed by atoms with E-state index in [2.05, 4.69) is 55.4 Å². The summed E-state index contributed by atoms with van der Waals surface area (Å²) in [6.07, 6.45) is 32.1. The molecule has 0 spiro atoms. The maximum atomic E-state index is 5.69. The summed E-state index contributed by atoms with van der Waals surface area (Å²) in [5, 5.41) is 0. The average Bonchev–Trinajstić information content (AvgIpc) is 4.00. The Kier molecular flexibility index (Phi) is 21.1. The number of rotatable bonds is 12. The Bertz CT molecular complexity index is 1040. The van der Waals surface area contributed by atoms with Gasteiger partial charge in [0, 0.05) is 19.8 Å². The third-order valence-electron chi connectivity index (χ3n) is 16.7. The third kappa shape index (κ3) is 17.1. The van der Waals surface area contributed by atoms with E-state index in [-0.39, 0.29) is 7.43 Å². The second-order valence-corrected chi connectivity index (χ2v) is 21.0. The zero-order chi connectivity index (χ0) is 39.4. The highest BCUT2D eigenvalue weighted by molar-refractivity contribution is 5.04. The predicted molar refractivity (Wildman–Crippen MR) is 239 cm³/mol. The molecule has 10 rings (SSSR count). The van der Waals surface area contributed by atoms with Crippen LogP contribution in [0.15, 0.2) is 0 Å². The van der Waals surface area contributed by atoms with Gasteiger partial charge in [0.25, 0.3) is 0 Å². The van der Waals surface area contributed by atoms with Gasteiger partial charge in [0.2, 0.25) is 0 Å². The Hall–Kier alpha value is -0.160. The molecule has 330 valence electrons. The van der Waals surface area contributed by atoms with Gasteiger partial charge in [-0.05, 0) is 188 Å². The van der Waals surface area contributed by atoms with Gasteiger partial charge < -0.3 is 18.9 Å². The summed E-state index contributed by atoms with van der Waals surface area (Å²) in [5.74, 6) is 14.0. The maximum Gasteiger partial charge on any atom is 0.104 e. The summed E-state index contributed by atoms with van der Waals surface area (Å²) in [6, 6.07) is 0. The van der Waals surface area contributed by atoms with Crippen LogP contribution in [0.3, 0.4) is 0 Å². The SMILES string of the molecule is C.CCC(C)C1CCC2(C)OC2C1.CCC(C)C1CCC2CC2C1.CCC1CC1.CCC1CCC2CC2C1.CCOCC1CCC2CC2C1.CCOCC1CO1. The molecule has 0 bridgehead atoms. The lowest BCUT2D eigenvalue weighted by Crippen LogP contribution is -2.24. The van der Waals surface area contributed by atoms with Gasteiger partial charge in [0.15, 0.2) is 0 Å². The fourth-order valence-electron chi connectivity index (χ4n) is 10.9. The first-order chi connectivity index (χ1) is 26.6. The van der Waals surface area contributed by atoms with Crippen molar-refractivity contribution in [2.75, 3.05) is 33.0 Å². The van der Waals surface area contributed by atoms with Crippen LogP contribution < -0.4 is 0 Å². The molecule has 0 N–H and O–H groups in total. The van der Waals surface area contributed by atoms with Crippen LogP contribution in [0.2, 0.25) is 0 Å². The van der Waals surface area contributed by atoms with Crippen molar-refractivity contribution in [1.29, 1.82) is 0 Å². The van der Waals surface area contributed by atoms with Crippen LogP contribution in [-0.2, 0) is 18.9 Å². The van der Waals surface area contributed by atoms with Gasteiger partial charge in [-0.25, -0.2) is 0 Å². The molecule has 15 unspecified atom stereocenters. The lowest BCUT2D eigenvalue weighted by atomic mass is 9.76. The first kappa shape index (κ1) is 48.5. The van der Waals surface area contributed by atoms with Crippen LogP contribution in [0.5, 0.6) is 0 Å². The van der Waals surface area contributed by atoms with Crippen LogP contribution in [0.25, 0.3) is 0 Å². The van der Waals surface area contributed by atoms with E-state index < -0.39 is 0 Å². The van der Waals surface area contributed by atoms with E-state index in [0.717, 1.165) is 86.3 Å². The van der Waals surface area contributed by atoms with E-state index in [1.807, 2.05) is 6.92 Å². The van der Waals surface area contributed by atoms with E-state index in [1.165, 1.54) is 120 Å². The number of hydrogen-bond acceptors (Lipinski definition) is 4. The molecule has 4 nitrogen and oxygen atoms in total. The predicted octanol–water partition coefficient (Wildman–Crippen LogP) is 14.6. The van der Waals surface area contributed by atoms with Gasteiger partial charge in [-0.3, -0.25) is 0 Å². The van der Waals surface area contributed by atoms with Crippen molar-refractivity contribution in [2.24, 2.45) is 76.9 Å². The van der Waals surface area contributed by atoms with Gasteiger partial charge in [-0.15, -0.1) is 0 Å². The minimum absolute atomic E-state index is 0. The van der Waals surface area contributed by atoms with Crippen LogP contribution in [0.4, 0.5) is 0 Å². The highest BCUT2D eigenvalue weighted by atomic mass is 16.6. The van der Waals surface area contributed by atoms with Crippen LogP contribution >= 0.6 is 0 Å². The van der Waals surface area contributed by atoms with Crippen LogP contribution in [0.1, 0.15) is 205 Å². The highest BCUT2D eigenvalue weighted by Gasteiger charge is 2.55. The molecule has 2 aliphatic heterocycles. The summed E-state index contributed by atoms with van der Waals surface area (Å²) >= 11 is 0. The summed E-state index contributed by atoms with van der Waals surface area (Å²) in [7, 11) is 0. The summed E-state index contributed by atoms with van der Waals surface area (Å²) in [6.45, 7) is 24.8. The molecule has 0 amide bonds. The van der Waals surface area contributed by atoms with E-state index in [1.54, 1.807) is 38.5 Å². The average molecular weight is 787 g/mol. The summed E-state index contributed by atoms with van der Waals surface area (Å²) in [5.41, 5.74) is 0.309. The Morgan fingerprint density at radius 2 is 1.02 bits per heavy atom. The zero-order valence-electron chi connectivity index (χ0n) is 38.2. The Morgan fingerprint density at radius 3 is 1.46 bits per heavy atom. The fourth-order valence-corrected chi connectivity index (χ4v) is 10.9. The molecular formula is C52H98O4. The lowest BCUT2D eigenvalue weighted by molar-refractivity contribution is 0.0929. The first-order valence-corrected chi connectivity index (χ1v) is 25.1. The summed E-state index contributed by atoms with van der Waals surface area (Å²) in [4.78, 5) is 0. The van der Waals surface area contributed by atoms with Crippen molar-refractivity contribution in [3.05, 3.63) is 0 Å². The smallest absolute Gasteiger partial charge is 0.104 e. The first-order valence-electron chi connectivity index (χ1n) is 25.1. The molecule has 0 aromatic heterocycles. The molecule has 56 heavy (non-hydrogen) atoms. The number of ether oxygens (including phenoxy) is 4. The third-order valence-corrected chi connectivity index (χ3v) is 16.7. The normalized spacial score (nSPS) is 40.7. The molecule has 4 heteroatoms. The van der Waals surface area contributed by atoms with Gasteiger partial charge in [0.05, 0.1) is 24.9 Å². The molecule has 8 aliphatic carbocycles. The molecule has 2 heterocycles. The topological polar surface area (TPSA) is 43.5 Å². The van der Waals surface area contributed by atoms with Crippen molar-refractivity contribution in [1.82, 2.24) is 0 Å². The molecule has 2 saturated heterocycles. The molecule has 0 aromatic rings. The number of epoxide rings is 2. The van der Waals surface area contributed by atoms with E-state index in [9.17, 15) is 0 Å². The fraction of sp³-hybridized carbons (Fsp3) is 1.00. The quantitative estimate of drug-likeness (QED) is 0.185. The molecule has 0 aromatic carbocycles. The van der Waals surface area contributed by atoms with Gasteiger partial charge in [-0.1, -0.05) is 93.9 Å². The molecule has 15 atom stereocenters. The monoisotopic (exact) mass is 787 g/mol. The lowest BCUT2D eigenvalue weighted by Gasteiger charge is -2.26. The highest BCUT2D eigenvalue weighted by Crippen LogP contribution is 2.54. The number of hydrogen-bond donors (Lipinski definition) is 0. The Balaban J connectivity index is 0.000000151. The van der Waals surface area contributed by atoms with Crippen molar-refractivity contribution in [3.8, 4) is 0 Å².